The maximum Gasteiger partial charge on any atom is 0.255 e. The molecule has 0 radical (unpaired) electrons. The highest BCUT2D eigenvalue weighted by atomic mass is 35.5. The zero-order valence-corrected chi connectivity index (χ0v) is 15.1. The van der Waals surface area contributed by atoms with Gasteiger partial charge in [0.05, 0.1) is 19.8 Å². The van der Waals surface area contributed by atoms with Gasteiger partial charge in [-0.05, 0) is 49.7 Å². The van der Waals surface area contributed by atoms with Crippen molar-refractivity contribution in [1.82, 2.24) is 5.32 Å². The van der Waals surface area contributed by atoms with Gasteiger partial charge in [-0.2, -0.15) is 0 Å². The molecular formula is C18H27ClN2O3. The van der Waals surface area contributed by atoms with Crippen molar-refractivity contribution in [2.75, 3.05) is 14.2 Å². The van der Waals surface area contributed by atoms with Gasteiger partial charge in [0.2, 0.25) is 0 Å². The monoisotopic (exact) mass is 354 g/mol. The normalized spacial score (nSPS) is 28.5. The number of fused-ring (bicyclic) bond motifs is 2. The van der Waals surface area contributed by atoms with Crippen molar-refractivity contribution < 1.29 is 14.3 Å². The molecule has 1 aromatic rings. The SMILES string of the molecule is COc1ccc(C(=O)NC2C3CCCC2CC(N)C3)c(OC)c1.Cl. The summed E-state index contributed by atoms with van der Waals surface area (Å²) in [7, 11) is 3.17. The van der Waals surface area contributed by atoms with Crippen LogP contribution < -0.4 is 20.5 Å². The first kappa shape index (κ1) is 18.9. The first-order chi connectivity index (χ1) is 11.1. The zero-order valence-electron chi connectivity index (χ0n) is 14.3. The largest absolute Gasteiger partial charge is 0.497 e. The van der Waals surface area contributed by atoms with E-state index in [0.29, 0.717) is 28.9 Å². The van der Waals surface area contributed by atoms with E-state index < -0.39 is 0 Å². The summed E-state index contributed by atoms with van der Waals surface area (Å²) >= 11 is 0. The molecule has 0 saturated heterocycles. The molecule has 134 valence electrons. The summed E-state index contributed by atoms with van der Waals surface area (Å²) in [4.78, 5) is 12.7. The molecule has 1 aromatic carbocycles. The summed E-state index contributed by atoms with van der Waals surface area (Å²) in [5.74, 6) is 2.16. The van der Waals surface area contributed by atoms with E-state index in [2.05, 4.69) is 5.32 Å². The van der Waals surface area contributed by atoms with Crippen molar-refractivity contribution in [1.29, 1.82) is 0 Å². The molecule has 2 atom stereocenters. The molecule has 2 unspecified atom stereocenters. The number of carbonyl (C=O) groups excluding carboxylic acids is 1. The zero-order chi connectivity index (χ0) is 16.4. The Hall–Kier alpha value is -1.46. The van der Waals surface area contributed by atoms with Crippen LogP contribution in [0.1, 0.15) is 42.5 Å². The summed E-state index contributed by atoms with van der Waals surface area (Å²) in [6.45, 7) is 0. The van der Waals surface area contributed by atoms with Gasteiger partial charge in [-0.15, -0.1) is 12.4 Å². The molecule has 0 aromatic heterocycles. The number of methoxy groups -OCH3 is 2. The van der Waals surface area contributed by atoms with Gasteiger partial charge < -0.3 is 20.5 Å². The number of nitrogens with one attached hydrogen (secondary N) is 1. The first-order valence-electron chi connectivity index (χ1n) is 8.41. The van der Waals surface area contributed by atoms with Gasteiger partial charge in [-0.1, -0.05) is 6.42 Å². The maximum absolute atomic E-state index is 12.7. The third-order valence-electron chi connectivity index (χ3n) is 5.33. The van der Waals surface area contributed by atoms with E-state index in [0.717, 1.165) is 25.7 Å². The van der Waals surface area contributed by atoms with E-state index >= 15 is 0 Å². The Balaban J connectivity index is 0.00000208. The highest BCUT2D eigenvalue weighted by Crippen LogP contribution is 2.40. The van der Waals surface area contributed by atoms with Crippen LogP contribution in [0.2, 0.25) is 0 Å². The Morgan fingerprint density at radius 1 is 1.17 bits per heavy atom. The van der Waals surface area contributed by atoms with Crippen LogP contribution in [0.4, 0.5) is 0 Å². The molecule has 2 aliphatic carbocycles. The lowest BCUT2D eigenvalue weighted by Gasteiger charge is -2.45. The Bertz CT molecular complexity index is 567. The number of nitrogens with two attached hydrogens (primary N) is 1. The van der Waals surface area contributed by atoms with Gasteiger partial charge in [-0.3, -0.25) is 4.79 Å². The second kappa shape index (κ2) is 8.08. The maximum atomic E-state index is 12.7. The lowest BCUT2D eigenvalue weighted by Crippen LogP contribution is -2.53. The number of rotatable bonds is 4. The van der Waals surface area contributed by atoms with Crippen LogP contribution in [-0.4, -0.2) is 32.2 Å². The van der Waals surface area contributed by atoms with E-state index in [1.54, 1.807) is 32.4 Å². The van der Waals surface area contributed by atoms with Gasteiger partial charge in [0.15, 0.2) is 0 Å². The van der Waals surface area contributed by atoms with Crippen molar-refractivity contribution in [3.05, 3.63) is 23.8 Å². The Kier molecular flexibility index (Phi) is 6.35. The fourth-order valence-corrected chi connectivity index (χ4v) is 4.24. The topological polar surface area (TPSA) is 73.6 Å². The summed E-state index contributed by atoms with van der Waals surface area (Å²) < 4.78 is 10.5. The minimum absolute atomic E-state index is 0. The first-order valence-corrected chi connectivity index (χ1v) is 8.41. The van der Waals surface area contributed by atoms with Crippen LogP contribution in [-0.2, 0) is 0 Å². The highest BCUT2D eigenvalue weighted by molar-refractivity contribution is 5.97. The standard InChI is InChI=1S/C18H26N2O3.ClH/c1-22-14-6-7-15(16(10-14)23-2)18(21)20-17-11-4-3-5-12(17)9-13(19)8-11;/h6-7,10-13,17H,3-5,8-9,19H2,1-2H3,(H,20,21);1H. The summed E-state index contributed by atoms with van der Waals surface area (Å²) in [5.41, 5.74) is 6.72. The van der Waals surface area contributed by atoms with Crippen LogP contribution in [0.5, 0.6) is 11.5 Å². The van der Waals surface area contributed by atoms with E-state index in [4.69, 9.17) is 15.2 Å². The van der Waals surface area contributed by atoms with Gasteiger partial charge in [0.25, 0.3) is 5.91 Å². The summed E-state index contributed by atoms with van der Waals surface area (Å²) in [6.07, 6.45) is 5.60. The molecule has 2 saturated carbocycles. The quantitative estimate of drug-likeness (QED) is 0.872. The van der Waals surface area contributed by atoms with Crippen molar-refractivity contribution in [3.63, 3.8) is 0 Å². The minimum Gasteiger partial charge on any atom is -0.497 e. The smallest absolute Gasteiger partial charge is 0.255 e. The molecule has 3 rings (SSSR count). The predicted octanol–water partition coefficient (Wildman–Crippen LogP) is 2.76. The van der Waals surface area contributed by atoms with Crippen molar-refractivity contribution in [2.24, 2.45) is 17.6 Å². The Morgan fingerprint density at radius 2 is 1.83 bits per heavy atom. The molecule has 2 fully saturated rings. The molecule has 2 bridgehead atoms. The van der Waals surface area contributed by atoms with Gasteiger partial charge in [0.1, 0.15) is 11.5 Å². The average molecular weight is 355 g/mol. The summed E-state index contributed by atoms with van der Waals surface area (Å²) in [6, 6.07) is 5.82. The molecule has 3 N–H and O–H groups in total. The number of benzene rings is 1. The Morgan fingerprint density at radius 3 is 2.42 bits per heavy atom. The second-order valence-corrected chi connectivity index (χ2v) is 6.75. The molecule has 2 aliphatic rings. The number of amides is 1. The number of hydrogen-bond donors (Lipinski definition) is 2. The third kappa shape index (κ3) is 3.78. The predicted molar refractivity (Wildman–Crippen MR) is 96.1 cm³/mol. The highest BCUT2D eigenvalue weighted by Gasteiger charge is 2.40. The molecule has 6 heteroatoms. The fraction of sp³-hybridized carbons (Fsp3) is 0.611. The van der Waals surface area contributed by atoms with Crippen LogP contribution in [0.15, 0.2) is 18.2 Å². The molecule has 5 nitrogen and oxygen atoms in total. The Labute approximate surface area is 149 Å². The minimum atomic E-state index is -0.0677. The average Bonchev–Trinajstić information content (AvgIpc) is 2.55. The molecule has 24 heavy (non-hydrogen) atoms. The molecule has 0 aliphatic heterocycles. The van der Waals surface area contributed by atoms with Crippen LogP contribution in [0.3, 0.4) is 0 Å². The van der Waals surface area contributed by atoms with Gasteiger partial charge >= 0.3 is 0 Å². The van der Waals surface area contributed by atoms with Crippen LogP contribution in [0.25, 0.3) is 0 Å². The summed E-state index contributed by atoms with van der Waals surface area (Å²) in [5, 5.41) is 3.25. The lowest BCUT2D eigenvalue weighted by molar-refractivity contribution is 0.0753. The van der Waals surface area contributed by atoms with Crippen molar-refractivity contribution in [2.45, 2.75) is 44.2 Å². The number of ether oxygens (including phenoxy) is 2. The van der Waals surface area contributed by atoms with Gasteiger partial charge in [0, 0.05) is 18.2 Å². The fourth-order valence-electron chi connectivity index (χ4n) is 4.24. The molecule has 0 spiro atoms. The second-order valence-electron chi connectivity index (χ2n) is 6.75. The lowest BCUT2D eigenvalue weighted by atomic mass is 9.67. The van der Waals surface area contributed by atoms with Crippen LogP contribution >= 0.6 is 12.4 Å². The molecular weight excluding hydrogens is 328 g/mol. The van der Waals surface area contributed by atoms with E-state index in [-0.39, 0.29) is 30.4 Å². The van der Waals surface area contributed by atoms with E-state index in [9.17, 15) is 4.79 Å². The van der Waals surface area contributed by atoms with Crippen LogP contribution in [0, 0.1) is 11.8 Å². The molecule has 0 heterocycles. The van der Waals surface area contributed by atoms with E-state index in [1.165, 1.54) is 6.42 Å². The number of hydrogen-bond acceptors (Lipinski definition) is 4. The number of halogens is 1. The third-order valence-corrected chi connectivity index (χ3v) is 5.33. The van der Waals surface area contributed by atoms with E-state index in [1.807, 2.05) is 0 Å². The van der Waals surface area contributed by atoms with Crippen molar-refractivity contribution >= 4 is 18.3 Å². The molecule has 1 amide bonds. The van der Waals surface area contributed by atoms with Gasteiger partial charge in [-0.25, -0.2) is 0 Å². The van der Waals surface area contributed by atoms with Crippen molar-refractivity contribution in [3.8, 4) is 11.5 Å². The number of carbonyl (C=O) groups is 1.